The summed E-state index contributed by atoms with van der Waals surface area (Å²) >= 11 is 31.2. The van der Waals surface area contributed by atoms with Crippen molar-refractivity contribution in [2.75, 3.05) is 10.6 Å². The van der Waals surface area contributed by atoms with E-state index in [1.54, 1.807) is 32.0 Å². The first-order valence-corrected chi connectivity index (χ1v) is 13.4. The predicted octanol–water partition coefficient (Wildman–Crippen LogP) is 9.15. The quantitative estimate of drug-likeness (QED) is 0.265. The van der Waals surface area contributed by atoms with Crippen LogP contribution in [-0.2, 0) is 11.2 Å². The zero-order chi connectivity index (χ0) is 28.9. The lowest BCUT2D eigenvalue weighted by Gasteiger charge is -2.16. The molecular weight excluding hydrogens is 619 g/mol. The van der Waals surface area contributed by atoms with Crippen molar-refractivity contribution in [1.82, 2.24) is 0 Å². The lowest BCUT2D eigenvalue weighted by molar-refractivity contribution is -0.127. The van der Waals surface area contributed by atoms with Gasteiger partial charge < -0.3 is 10.6 Å². The summed E-state index contributed by atoms with van der Waals surface area (Å²) in [6.07, 6.45) is -5.43. The smallest absolute Gasteiger partial charge is 0.326 e. The maximum absolute atomic E-state index is 13.1. The summed E-state index contributed by atoms with van der Waals surface area (Å²) in [5.74, 6) is -2.46. The summed E-state index contributed by atoms with van der Waals surface area (Å²) in [5, 5.41) is 6.28. The Morgan fingerprint density at radius 3 is 2.05 bits per heavy atom. The van der Waals surface area contributed by atoms with Crippen LogP contribution in [0.5, 0.6) is 0 Å². The van der Waals surface area contributed by atoms with Gasteiger partial charge >= 0.3 is 6.18 Å². The number of carbonyl (C=O) groups excluding carboxylic acids is 2. The van der Waals surface area contributed by atoms with Crippen molar-refractivity contribution < 1.29 is 22.8 Å². The molecule has 1 saturated carbocycles. The molecule has 1 aliphatic rings. The summed E-state index contributed by atoms with van der Waals surface area (Å²) < 4.78 is 37.0. The molecule has 2 unspecified atom stereocenters. The molecule has 0 radical (unpaired) electrons. The molecule has 3 aromatic rings. The Hall–Kier alpha value is -2.16. The number of halogens is 8. The Labute approximate surface area is 247 Å². The van der Waals surface area contributed by atoms with Gasteiger partial charge in [-0.1, -0.05) is 46.9 Å². The average Bonchev–Trinajstić information content (AvgIpc) is 3.37. The van der Waals surface area contributed by atoms with Crippen LogP contribution < -0.4 is 10.6 Å². The van der Waals surface area contributed by atoms with E-state index in [2.05, 4.69) is 10.6 Å². The minimum absolute atomic E-state index is 0.0459. The van der Waals surface area contributed by atoms with Gasteiger partial charge in [0, 0.05) is 27.3 Å². The molecular formula is C27H20Cl5F3N2O2. The first-order valence-electron chi connectivity index (χ1n) is 11.5. The van der Waals surface area contributed by atoms with Gasteiger partial charge in [0.2, 0.25) is 5.91 Å². The van der Waals surface area contributed by atoms with Crippen LogP contribution in [0.25, 0.3) is 0 Å². The Morgan fingerprint density at radius 2 is 1.49 bits per heavy atom. The molecule has 12 heteroatoms. The first-order chi connectivity index (χ1) is 18.1. The van der Waals surface area contributed by atoms with Crippen LogP contribution in [-0.4, -0.2) is 22.3 Å². The van der Waals surface area contributed by atoms with Crippen LogP contribution in [0.4, 0.5) is 24.5 Å². The zero-order valence-electron chi connectivity index (χ0n) is 20.3. The number of aryl methyl sites for hydroxylation is 2. The number of amides is 2. The molecule has 0 saturated heterocycles. The summed E-state index contributed by atoms with van der Waals surface area (Å²) in [6, 6.07) is 11.9. The number of carbonyl (C=O) groups is 2. The largest absolute Gasteiger partial charge is 0.393 e. The lowest BCUT2D eigenvalue weighted by atomic mass is 10.0. The maximum atomic E-state index is 13.1. The number of benzene rings is 3. The molecule has 0 heterocycles. The second-order valence-electron chi connectivity index (χ2n) is 9.37. The van der Waals surface area contributed by atoms with Crippen molar-refractivity contribution in [2.45, 2.75) is 36.7 Å². The third kappa shape index (κ3) is 6.77. The molecule has 2 amide bonds. The summed E-state index contributed by atoms with van der Waals surface area (Å²) in [6.45, 7) is 3.20. The van der Waals surface area contributed by atoms with Crippen molar-refractivity contribution in [3.8, 4) is 0 Å². The van der Waals surface area contributed by atoms with E-state index < -0.39 is 40.6 Å². The fourth-order valence-electron chi connectivity index (χ4n) is 4.58. The SMILES string of the molecule is Cc1cc(CC(F)(F)F)cc(C)c1NC(=O)c1cc(NC(=O)C2C(c3cc(Cl)cc(Cl)c3)C2(Cl)Cl)ccc1Cl. The summed E-state index contributed by atoms with van der Waals surface area (Å²) in [5.41, 5.74) is 2.31. The van der Waals surface area contributed by atoms with Crippen LogP contribution in [0.15, 0.2) is 48.5 Å². The lowest BCUT2D eigenvalue weighted by Crippen LogP contribution is -2.19. The molecule has 4 nitrogen and oxygen atoms in total. The number of hydrogen-bond acceptors (Lipinski definition) is 2. The average molecular weight is 639 g/mol. The van der Waals surface area contributed by atoms with E-state index in [0.29, 0.717) is 32.4 Å². The van der Waals surface area contributed by atoms with Gasteiger partial charge in [-0.2, -0.15) is 13.2 Å². The summed E-state index contributed by atoms with van der Waals surface area (Å²) in [4.78, 5) is 26.1. The van der Waals surface area contributed by atoms with Crippen LogP contribution >= 0.6 is 58.0 Å². The fourth-order valence-corrected chi connectivity index (χ4v) is 6.16. The third-order valence-corrected chi connectivity index (χ3v) is 8.00. The molecule has 0 aliphatic heterocycles. The van der Waals surface area contributed by atoms with E-state index in [-0.39, 0.29) is 21.8 Å². The molecule has 0 bridgehead atoms. The number of nitrogens with one attached hydrogen (secondary N) is 2. The van der Waals surface area contributed by atoms with Crippen molar-refractivity contribution in [1.29, 1.82) is 0 Å². The van der Waals surface area contributed by atoms with Gasteiger partial charge in [-0.3, -0.25) is 9.59 Å². The highest BCUT2D eigenvalue weighted by Crippen LogP contribution is 2.65. The standard InChI is InChI=1S/C27H20Cl5F3N2O2/c1-12-5-14(11-26(33,34)35)6-13(2)23(12)37-24(38)19-10-18(3-4-20(19)30)36-25(39)22-21(27(22,31)32)15-7-16(28)9-17(29)8-15/h3-10,21-22H,11H2,1-2H3,(H,36,39)(H,37,38). The third-order valence-electron chi connectivity index (χ3n) is 6.29. The maximum Gasteiger partial charge on any atom is 0.393 e. The number of rotatable bonds is 6. The van der Waals surface area contributed by atoms with Crippen molar-refractivity contribution in [3.63, 3.8) is 0 Å². The second kappa shape index (κ2) is 11.0. The Kier molecular flexibility index (Phi) is 8.42. The number of anilines is 2. The number of alkyl halides is 5. The molecule has 4 rings (SSSR count). The molecule has 1 aliphatic carbocycles. The van der Waals surface area contributed by atoms with E-state index in [4.69, 9.17) is 58.0 Å². The molecule has 206 valence electrons. The van der Waals surface area contributed by atoms with Gasteiger partial charge in [-0.25, -0.2) is 0 Å². The Bertz CT molecular complexity index is 1430. The van der Waals surface area contributed by atoms with E-state index in [1.165, 1.54) is 30.3 Å². The van der Waals surface area contributed by atoms with Gasteiger partial charge in [0.05, 0.1) is 22.9 Å². The highest BCUT2D eigenvalue weighted by molar-refractivity contribution is 6.53. The molecule has 0 aromatic heterocycles. The van der Waals surface area contributed by atoms with Gasteiger partial charge in [0.15, 0.2) is 0 Å². The first kappa shape index (κ1) is 29.8. The van der Waals surface area contributed by atoms with Crippen LogP contribution in [0, 0.1) is 19.8 Å². The molecule has 0 spiro atoms. The van der Waals surface area contributed by atoms with Gasteiger partial charge in [-0.05, 0) is 72.5 Å². The van der Waals surface area contributed by atoms with E-state index in [1.807, 2.05) is 0 Å². The second-order valence-corrected chi connectivity index (χ2v) is 12.1. The van der Waals surface area contributed by atoms with Crippen molar-refractivity contribution >= 4 is 81.2 Å². The monoisotopic (exact) mass is 636 g/mol. The Morgan fingerprint density at radius 1 is 0.897 bits per heavy atom. The van der Waals surface area contributed by atoms with E-state index in [9.17, 15) is 22.8 Å². The van der Waals surface area contributed by atoms with Gasteiger partial charge in [-0.15, -0.1) is 23.2 Å². The van der Waals surface area contributed by atoms with E-state index in [0.717, 1.165) is 0 Å². The van der Waals surface area contributed by atoms with Crippen molar-refractivity contribution in [3.05, 3.63) is 91.4 Å². The predicted molar refractivity (Wildman–Crippen MR) is 151 cm³/mol. The van der Waals surface area contributed by atoms with Crippen molar-refractivity contribution in [2.24, 2.45) is 5.92 Å². The van der Waals surface area contributed by atoms with E-state index >= 15 is 0 Å². The zero-order valence-corrected chi connectivity index (χ0v) is 24.1. The van der Waals surface area contributed by atoms with Gasteiger partial charge in [0.25, 0.3) is 5.91 Å². The number of hydrogen-bond donors (Lipinski definition) is 2. The van der Waals surface area contributed by atoms with Gasteiger partial charge in [0.1, 0.15) is 4.33 Å². The molecule has 2 N–H and O–H groups in total. The Balaban J connectivity index is 1.51. The minimum atomic E-state index is -4.35. The van der Waals surface area contributed by atoms with Crippen LogP contribution in [0.3, 0.4) is 0 Å². The molecule has 1 fully saturated rings. The van der Waals surface area contributed by atoms with Crippen LogP contribution in [0.1, 0.15) is 38.5 Å². The highest BCUT2D eigenvalue weighted by Gasteiger charge is 2.67. The molecule has 39 heavy (non-hydrogen) atoms. The normalized spacial score (nSPS) is 18.0. The minimum Gasteiger partial charge on any atom is -0.326 e. The molecule has 2 atom stereocenters. The summed E-state index contributed by atoms with van der Waals surface area (Å²) in [7, 11) is 0. The van der Waals surface area contributed by atoms with Crippen LogP contribution in [0.2, 0.25) is 15.1 Å². The molecule has 3 aromatic carbocycles. The topological polar surface area (TPSA) is 58.2 Å². The highest BCUT2D eigenvalue weighted by atomic mass is 35.5. The fraction of sp³-hybridized carbons (Fsp3) is 0.259.